The zero-order chi connectivity index (χ0) is 14.8. The van der Waals surface area contributed by atoms with Gasteiger partial charge in [0.2, 0.25) is 5.91 Å². The summed E-state index contributed by atoms with van der Waals surface area (Å²) in [4.78, 5) is 16.3. The average molecular weight is 345 g/mol. The number of rotatable bonds is 2. The summed E-state index contributed by atoms with van der Waals surface area (Å²) in [5.74, 6) is 0.107. The lowest BCUT2D eigenvalue weighted by Crippen LogP contribution is -2.44. The molecule has 0 saturated carbocycles. The monoisotopic (exact) mass is 344 g/mol. The molecule has 108 valence electrons. The van der Waals surface area contributed by atoms with E-state index in [1.165, 1.54) is 0 Å². The second kappa shape index (κ2) is 5.90. The van der Waals surface area contributed by atoms with Crippen LogP contribution in [0, 0.1) is 0 Å². The maximum Gasteiger partial charge on any atom is 0.240 e. The first kappa shape index (κ1) is 14.1. The summed E-state index contributed by atoms with van der Waals surface area (Å²) < 4.78 is 0. The van der Waals surface area contributed by atoms with E-state index in [9.17, 15) is 4.79 Å². The number of carbonyl (C=O) groups is 1. The van der Waals surface area contributed by atoms with Crippen molar-refractivity contribution in [2.75, 3.05) is 22.9 Å². The van der Waals surface area contributed by atoms with Crippen LogP contribution in [0.3, 0.4) is 0 Å². The number of benzene rings is 2. The van der Waals surface area contributed by atoms with Gasteiger partial charge < -0.3 is 9.80 Å². The molecule has 1 amide bonds. The third-order valence-corrected chi connectivity index (χ3v) is 4.08. The fourth-order valence-electron chi connectivity index (χ4n) is 2.68. The number of fused-ring (bicyclic) bond motifs is 1. The molecule has 2 aromatic rings. The van der Waals surface area contributed by atoms with Crippen molar-refractivity contribution in [3.8, 4) is 0 Å². The van der Waals surface area contributed by atoms with E-state index < -0.39 is 0 Å². The van der Waals surface area contributed by atoms with E-state index in [0.717, 1.165) is 23.6 Å². The molecule has 0 radical (unpaired) electrons. The lowest BCUT2D eigenvalue weighted by Gasteiger charge is -2.38. The van der Waals surface area contributed by atoms with Crippen LogP contribution in [-0.4, -0.2) is 23.8 Å². The van der Waals surface area contributed by atoms with Crippen molar-refractivity contribution in [2.45, 2.75) is 11.8 Å². The van der Waals surface area contributed by atoms with Crippen molar-refractivity contribution < 1.29 is 4.79 Å². The molecule has 2 aromatic carbocycles. The Balaban J connectivity index is 2.02. The van der Waals surface area contributed by atoms with Crippen molar-refractivity contribution >= 4 is 38.9 Å². The highest BCUT2D eigenvalue weighted by atomic mass is 79.9. The Hall–Kier alpha value is -1.81. The number of amides is 1. The van der Waals surface area contributed by atoms with Gasteiger partial charge in [-0.3, -0.25) is 4.79 Å². The Morgan fingerprint density at radius 2 is 1.62 bits per heavy atom. The number of hydrogen-bond acceptors (Lipinski definition) is 2. The van der Waals surface area contributed by atoms with Crippen molar-refractivity contribution in [3.63, 3.8) is 0 Å². The van der Waals surface area contributed by atoms with Crippen molar-refractivity contribution in [3.05, 3.63) is 54.6 Å². The molecule has 0 bridgehead atoms. The van der Waals surface area contributed by atoms with Crippen molar-refractivity contribution in [2.24, 2.45) is 0 Å². The maximum atomic E-state index is 12.4. The molecule has 0 aliphatic carbocycles. The predicted molar refractivity (Wildman–Crippen MR) is 90.6 cm³/mol. The number of para-hydroxylation sites is 3. The number of anilines is 3. The predicted octanol–water partition coefficient (Wildman–Crippen LogP) is 3.95. The zero-order valence-electron chi connectivity index (χ0n) is 11.9. The largest absolute Gasteiger partial charge is 0.338 e. The highest BCUT2D eigenvalue weighted by Crippen LogP contribution is 2.37. The van der Waals surface area contributed by atoms with Gasteiger partial charge in [-0.2, -0.15) is 0 Å². The molecule has 1 aliphatic heterocycles. The van der Waals surface area contributed by atoms with Crippen LogP contribution in [0.2, 0.25) is 0 Å². The smallest absolute Gasteiger partial charge is 0.240 e. The summed E-state index contributed by atoms with van der Waals surface area (Å²) in [6.45, 7) is 3.36. The molecule has 1 aliphatic rings. The summed E-state index contributed by atoms with van der Waals surface area (Å²) in [5.41, 5.74) is 3.21. The molecule has 0 fully saturated rings. The van der Waals surface area contributed by atoms with Crippen molar-refractivity contribution in [1.82, 2.24) is 0 Å². The third kappa shape index (κ3) is 2.68. The highest BCUT2D eigenvalue weighted by Gasteiger charge is 2.28. The summed E-state index contributed by atoms with van der Waals surface area (Å²) in [6, 6.07) is 18.4. The number of carbonyl (C=O) groups excluding carboxylic acids is 1. The highest BCUT2D eigenvalue weighted by molar-refractivity contribution is 9.10. The van der Waals surface area contributed by atoms with Gasteiger partial charge >= 0.3 is 0 Å². The Morgan fingerprint density at radius 1 is 1.00 bits per heavy atom. The van der Waals surface area contributed by atoms with Crippen LogP contribution in [0.5, 0.6) is 0 Å². The molecule has 4 heteroatoms. The van der Waals surface area contributed by atoms with E-state index >= 15 is 0 Å². The first-order valence-electron chi connectivity index (χ1n) is 7.05. The zero-order valence-corrected chi connectivity index (χ0v) is 13.5. The molecular weight excluding hydrogens is 328 g/mol. The molecule has 0 N–H and O–H groups in total. The molecule has 21 heavy (non-hydrogen) atoms. The molecular formula is C17H17BrN2O. The Bertz CT molecular complexity index is 642. The van der Waals surface area contributed by atoms with E-state index in [-0.39, 0.29) is 10.7 Å². The van der Waals surface area contributed by atoms with E-state index in [1.807, 2.05) is 48.2 Å². The molecule has 0 aromatic heterocycles. The number of nitrogens with zero attached hydrogens (tertiary/aromatic N) is 2. The molecule has 1 unspecified atom stereocenters. The number of alkyl halides is 1. The Labute approximate surface area is 133 Å². The van der Waals surface area contributed by atoms with Crippen LogP contribution in [0.25, 0.3) is 0 Å². The van der Waals surface area contributed by atoms with Crippen LogP contribution in [-0.2, 0) is 4.79 Å². The minimum absolute atomic E-state index is 0.107. The van der Waals surface area contributed by atoms with Gasteiger partial charge in [-0.15, -0.1) is 0 Å². The van der Waals surface area contributed by atoms with E-state index in [2.05, 4.69) is 39.0 Å². The van der Waals surface area contributed by atoms with E-state index in [4.69, 9.17) is 0 Å². The first-order valence-corrected chi connectivity index (χ1v) is 7.97. The second-order valence-electron chi connectivity index (χ2n) is 5.08. The second-order valence-corrected chi connectivity index (χ2v) is 6.46. The minimum Gasteiger partial charge on any atom is -0.338 e. The number of hydrogen-bond donors (Lipinski definition) is 0. The lowest BCUT2D eigenvalue weighted by atomic mass is 10.1. The van der Waals surface area contributed by atoms with Crippen LogP contribution < -0.4 is 9.80 Å². The maximum absolute atomic E-state index is 12.4. The van der Waals surface area contributed by atoms with Gasteiger partial charge in [-0.1, -0.05) is 46.3 Å². The van der Waals surface area contributed by atoms with E-state index in [1.54, 1.807) is 0 Å². The van der Waals surface area contributed by atoms with Gasteiger partial charge in [0, 0.05) is 18.8 Å². The Morgan fingerprint density at radius 3 is 2.29 bits per heavy atom. The topological polar surface area (TPSA) is 23.6 Å². The van der Waals surface area contributed by atoms with Gasteiger partial charge in [-0.05, 0) is 31.2 Å². The van der Waals surface area contributed by atoms with Crippen LogP contribution >= 0.6 is 15.9 Å². The summed E-state index contributed by atoms with van der Waals surface area (Å²) in [5, 5.41) is 0. The lowest BCUT2D eigenvalue weighted by molar-refractivity contribution is -0.117. The molecule has 3 nitrogen and oxygen atoms in total. The van der Waals surface area contributed by atoms with Gasteiger partial charge in [0.1, 0.15) is 0 Å². The molecule has 0 saturated heterocycles. The van der Waals surface area contributed by atoms with Gasteiger partial charge in [-0.25, -0.2) is 0 Å². The minimum atomic E-state index is -0.172. The first-order chi connectivity index (χ1) is 10.2. The quantitative estimate of drug-likeness (QED) is 0.770. The van der Waals surface area contributed by atoms with Crippen LogP contribution in [0.1, 0.15) is 6.92 Å². The summed E-state index contributed by atoms with van der Waals surface area (Å²) in [7, 11) is 0. The van der Waals surface area contributed by atoms with Crippen LogP contribution in [0.15, 0.2) is 54.6 Å². The SMILES string of the molecule is CC(Br)C(=O)N1CCN(c2ccccc2)c2ccccc21. The van der Waals surface area contributed by atoms with Crippen molar-refractivity contribution in [1.29, 1.82) is 0 Å². The standard InChI is InChI=1S/C17H17BrN2O/c1-13(18)17(21)20-12-11-19(14-7-3-2-4-8-14)15-9-5-6-10-16(15)20/h2-10,13H,11-12H2,1H3. The molecule has 1 atom stereocenters. The fraction of sp³-hybridized carbons (Fsp3) is 0.235. The normalized spacial score (nSPS) is 15.5. The summed E-state index contributed by atoms with van der Waals surface area (Å²) >= 11 is 3.38. The van der Waals surface area contributed by atoms with Gasteiger partial charge in [0.25, 0.3) is 0 Å². The molecule has 3 rings (SSSR count). The van der Waals surface area contributed by atoms with Gasteiger partial charge in [0.05, 0.1) is 16.2 Å². The average Bonchev–Trinajstić information content (AvgIpc) is 2.54. The fourth-order valence-corrected chi connectivity index (χ4v) is 2.93. The van der Waals surface area contributed by atoms with Gasteiger partial charge in [0.15, 0.2) is 0 Å². The third-order valence-electron chi connectivity index (χ3n) is 3.68. The summed E-state index contributed by atoms with van der Waals surface area (Å²) in [6.07, 6.45) is 0. The number of halogens is 1. The Kier molecular flexibility index (Phi) is 3.97. The molecule has 0 spiro atoms. The van der Waals surface area contributed by atoms with E-state index in [0.29, 0.717) is 6.54 Å². The molecule has 1 heterocycles. The van der Waals surface area contributed by atoms with Crippen LogP contribution in [0.4, 0.5) is 17.1 Å².